The number of hydrogen-bond donors (Lipinski definition) is 1. The van der Waals surface area contributed by atoms with Gasteiger partial charge < -0.3 is 15.2 Å². The Labute approximate surface area is 89.1 Å². The van der Waals surface area contributed by atoms with Crippen LogP contribution < -0.4 is 15.2 Å². The first-order chi connectivity index (χ1) is 6.66. The normalized spacial score (nSPS) is 13.2. The van der Waals surface area contributed by atoms with Gasteiger partial charge in [0.25, 0.3) is 0 Å². The standard InChI is InChI=1S/C9H8BrNO3/c10-6-4-7-5(1-2-13-7)3-8(6)14-9(11)12/h3-4H,1-2H2,(H2,11,12). The number of rotatable bonds is 1. The maximum Gasteiger partial charge on any atom is 0.410 e. The fourth-order valence-electron chi connectivity index (χ4n) is 1.36. The molecule has 1 aliphatic heterocycles. The summed E-state index contributed by atoms with van der Waals surface area (Å²) in [5, 5.41) is 0. The van der Waals surface area contributed by atoms with Crippen molar-refractivity contribution in [2.75, 3.05) is 6.61 Å². The number of ether oxygens (including phenoxy) is 2. The topological polar surface area (TPSA) is 61.6 Å². The summed E-state index contributed by atoms with van der Waals surface area (Å²) in [7, 11) is 0. The number of nitrogens with two attached hydrogens (primary N) is 1. The van der Waals surface area contributed by atoms with Crippen LogP contribution in [-0.4, -0.2) is 12.7 Å². The van der Waals surface area contributed by atoms with Crippen molar-refractivity contribution in [2.45, 2.75) is 6.42 Å². The number of halogens is 1. The van der Waals surface area contributed by atoms with Crippen LogP contribution >= 0.6 is 15.9 Å². The molecule has 2 rings (SSSR count). The van der Waals surface area contributed by atoms with Crippen molar-refractivity contribution in [1.82, 2.24) is 0 Å². The van der Waals surface area contributed by atoms with E-state index < -0.39 is 6.09 Å². The number of carbonyl (C=O) groups excluding carboxylic acids is 1. The molecule has 14 heavy (non-hydrogen) atoms. The van der Waals surface area contributed by atoms with Gasteiger partial charge in [0.1, 0.15) is 11.5 Å². The van der Waals surface area contributed by atoms with E-state index in [2.05, 4.69) is 15.9 Å². The average molecular weight is 258 g/mol. The third kappa shape index (κ3) is 1.68. The molecule has 1 amide bonds. The van der Waals surface area contributed by atoms with Gasteiger partial charge in [0.2, 0.25) is 0 Å². The summed E-state index contributed by atoms with van der Waals surface area (Å²) in [5.41, 5.74) is 5.96. The second kappa shape index (κ2) is 3.49. The third-order valence-electron chi connectivity index (χ3n) is 1.95. The highest BCUT2D eigenvalue weighted by Crippen LogP contribution is 2.35. The van der Waals surface area contributed by atoms with Gasteiger partial charge in [0, 0.05) is 12.0 Å². The van der Waals surface area contributed by atoms with Crippen molar-refractivity contribution >= 4 is 22.0 Å². The summed E-state index contributed by atoms with van der Waals surface area (Å²) < 4.78 is 10.8. The van der Waals surface area contributed by atoms with Crippen molar-refractivity contribution in [1.29, 1.82) is 0 Å². The lowest BCUT2D eigenvalue weighted by atomic mass is 10.2. The van der Waals surface area contributed by atoms with Crippen LogP contribution in [0.4, 0.5) is 4.79 Å². The summed E-state index contributed by atoms with van der Waals surface area (Å²) in [6.45, 7) is 0.668. The molecular formula is C9H8BrNO3. The Balaban J connectivity index is 2.37. The number of primary amides is 1. The van der Waals surface area contributed by atoms with Crippen molar-refractivity contribution in [3.8, 4) is 11.5 Å². The Hall–Kier alpha value is -1.23. The number of benzene rings is 1. The highest BCUT2D eigenvalue weighted by Gasteiger charge is 2.16. The molecule has 1 heterocycles. The predicted octanol–water partition coefficient (Wildman–Crippen LogP) is 1.84. The monoisotopic (exact) mass is 257 g/mol. The predicted molar refractivity (Wildman–Crippen MR) is 53.6 cm³/mol. The molecule has 0 bridgehead atoms. The molecule has 0 unspecified atom stereocenters. The van der Waals surface area contributed by atoms with E-state index >= 15 is 0 Å². The molecule has 0 spiro atoms. The zero-order valence-electron chi connectivity index (χ0n) is 7.25. The lowest BCUT2D eigenvalue weighted by molar-refractivity contribution is 0.210. The molecular weight excluding hydrogens is 250 g/mol. The minimum Gasteiger partial charge on any atom is -0.493 e. The van der Waals surface area contributed by atoms with Crippen LogP contribution in [0.2, 0.25) is 0 Å². The number of fused-ring (bicyclic) bond motifs is 1. The van der Waals surface area contributed by atoms with Gasteiger partial charge in [-0.1, -0.05) is 0 Å². The second-order valence-corrected chi connectivity index (χ2v) is 3.76. The highest BCUT2D eigenvalue weighted by molar-refractivity contribution is 9.10. The van der Waals surface area contributed by atoms with E-state index in [0.717, 1.165) is 17.7 Å². The molecule has 2 N–H and O–H groups in total. The molecule has 1 aromatic rings. The highest BCUT2D eigenvalue weighted by atomic mass is 79.9. The molecule has 5 heteroatoms. The van der Waals surface area contributed by atoms with Gasteiger partial charge >= 0.3 is 6.09 Å². The Morgan fingerprint density at radius 3 is 3.07 bits per heavy atom. The summed E-state index contributed by atoms with van der Waals surface area (Å²) in [5.74, 6) is 1.26. The van der Waals surface area contributed by atoms with Crippen LogP contribution in [0.5, 0.6) is 11.5 Å². The molecule has 0 saturated heterocycles. The lowest BCUT2D eigenvalue weighted by Gasteiger charge is -2.05. The zero-order valence-corrected chi connectivity index (χ0v) is 8.83. The van der Waals surface area contributed by atoms with Gasteiger partial charge in [-0.3, -0.25) is 0 Å². The van der Waals surface area contributed by atoms with Crippen LogP contribution in [0, 0.1) is 0 Å². The fourth-order valence-corrected chi connectivity index (χ4v) is 1.77. The Kier molecular flexibility index (Phi) is 2.33. The first-order valence-electron chi connectivity index (χ1n) is 4.09. The van der Waals surface area contributed by atoms with E-state index in [1.165, 1.54) is 0 Å². The molecule has 0 aliphatic carbocycles. The second-order valence-electron chi connectivity index (χ2n) is 2.91. The maximum atomic E-state index is 10.6. The van der Waals surface area contributed by atoms with Crippen molar-refractivity contribution in [2.24, 2.45) is 5.73 Å². The molecule has 0 atom stereocenters. The molecule has 0 aromatic heterocycles. The minimum atomic E-state index is -0.815. The van der Waals surface area contributed by atoms with Gasteiger partial charge in [-0.15, -0.1) is 0 Å². The van der Waals surface area contributed by atoms with Crippen LogP contribution in [0.15, 0.2) is 16.6 Å². The van der Waals surface area contributed by atoms with E-state index in [4.69, 9.17) is 15.2 Å². The summed E-state index contributed by atoms with van der Waals surface area (Å²) in [4.78, 5) is 10.6. The van der Waals surface area contributed by atoms with E-state index in [1.807, 2.05) is 0 Å². The minimum absolute atomic E-state index is 0.432. The average Bonchev–Trinajstić information content (AvgIpc) is 2.51. The van der Waals surface area contributed by atoms with Crippen molar-refractivity contribution < 1.29 is 14.3 Å². The first kappa shape index (κ1) is 9.33. The molecule has 1 aromatic carbocycles. The molecule has 74 valence electrons. The Morgan fingerprint density at radius 1 is 1.57 bits per heavy atom. The van der Waals surface area contributed by atoms with Crippen molar-refractivity contribution in [3.05, 3.63) is 22.2 Å². The van der Waals surface area contributed by atoms with Crippen LogP contribution in [0.25, 0.3) is 0 Å². The molecule has 1 aliphatic rings. The van der Waals surface area contributed by atoms with Crippen molar-refractivity contribution in [3.63, 3.8) is 0 Å². The molecule has 0 saturated carbocycles. The third-order valence-corrected chi connectivity index (χ3v) is 2.57. The van der Waals surface area contributed by atoms with E-state index in [1.54, 1.807) is 12.1 Å². The summed E-state index contributed by atoms with van der Waals surface area (Å²) >= 11 is 3.27. The quantitative estimate of drug-likeness (QED) is 0.835. The number of carbonyl (C=O) groups is 1. The smallest absolute Gasteiger partial charge is 0.410 e. The van der Waals surface area contributed by atoms with Gasteiger partial charge in [-0.05, 0) is 28.1 Å². The zero-order chi connectivity index (χ0) is 10.1. The fraction of sp³-hybridized carbons (Fsp3) is 0.222. The molecule has 0 radical (unpaired) electrons. The van der Waals surface area contributed by atoms with E-state index in [-0.39, 0.29) is 0 Å². The Morgan fingerprint density at radius 2 is 2.36 bits per heavy atom. The van der Waals surface area contributed by atoms with Gasteiger partial charge in [-0.25, -0.2) is 4.79 Å². The van der Waals surface area contributed by atoms with Crippen LogP contribution in [-0.2, 0) is 6.42 Å². The molecule has 0 fully saturated rings. The van der Waals surface area contributed by atoms with E-state index in [9.17, 15) is 4.79 Å². The lowest BCUT2D eigenvalue weighted by Crippen LogP contribution is -2.16. The summed E-state index contributed by atoms with van der Waals surface area (Å²) in [6, 6.07) is 3.54. The molecule has 4 nitrogen and oxygen atoms in total. The van der Waals surface area contributed by atoms with Crippen LogP contribution in [0.1, 0.15) is 5.56 Å². The largest absolute Gasteiger partial charge is 0.493 e. The van der Waals surface area contributed by atoms with E-state index in [0.29, 0.717) is 16.8 Å². The number of hydrogen-bond acceptors (Lipinski definition) is 3. The number of amides is 1. The van der Waals surface area contributed by atoms with Gasteiger partial charge in [-0.2, -0.15) is 0 Å². The van der Waals surface area contributed by atoms with Crippen LogP contribution in [0.3, 0.4) is 0 Å². The Bertz CT molecular complexity index is 392. The summed E-state index contributed by atoms with van der Waals surface area (Å²) in [6.07, 6.45) is 0.0159. The SMILES string of the molecule is NC(=O)Oc1cc2c(cc1Br)OCC2. The van der Waals surface area contributed by atoms with Gasteiger partial charge in [0.05, 0.1) is 11.1 Å². The first-order valence-corrected chi connectivity index (χ1v) is 4.88. The van der Waals surface area contributed by atoms with Gasteiger partial charge in [0.15, 0.2) is 0 Å². The maximum absolute atomic E-state index is 10.6.